The molecule has 0 aliphatic carbocycles. The quantitative estimate of drug-likeness (QED) is 0.703. The lowest BCUT2D eigenvalue weighted by atomic mass is 9.99. The molecule has 9 nitrogen and oxygen atoms in total. The topological polar surface area (TPSA) is 102 Å². The van der Waals surface area contributed by atoms with Crippen LogP contribution in [0.4, 0.5) is 0 Å². The zero-order chi connectivity index (χ0) is 20.9. The monoisotopic (exact) mass is 430 g/mol. The van der Waals surface area contributed by atoms with Crippen LogP contribution in [0.25, 0.3) is 0 Å². The molecule has 4 heterocycles. The van der Waals surface area contributed by atoms with Crippen molar-refractivity contribution in [3.05, 3.63) is 53.9 Å². The standard InChI is InChI=1S/C20H22N4O5S/c1-28-16-4-2-14(3-5-16)10-24-13-20-12-23(19(25)15-6-7-21-22-9-15)11-17(29-20)8-18(20)30(24,26)27/h2-7,9,17-18H,8,10-13H2,1H3/t17-,18+,20+/m1/s1. The van der Waals surface area contributed by atoms with Crippen molar-refractivity contribution < 1.29 is 22.7 Å². The Kier molecular flexibility index (Phi) is 4.53. The second-order valence-electron chi connectivity index (χ2n) is 8.01. The molecule has 3 aliphatic heterocycles. The Labute approximate surface area is 174 Å². The highest BCUT2D eigenvalue weighted by Crippen LogP contribution is 2.47. The highest BCUT2D eigenvalue weighted by Gasteiger charge is 2.65. The summed E-state index contributed by atoms with van der Waals surface area (Å²) in [4.78, 5) is 14.6. The van der Waals surface area contributed by atoms with Crippen molar-refractivity contribution in [3.63, 3.8) is 0 Å². The molecule has 3 fully saturated rings. The molecule has 1 spiro atoms. The molecule has 158 valence electrons. The number of ether oxygens (including phenoxy) is 2. The van der Waals surface area contributed by atoms with Gasteiger partial charge in [0.05, 0.1) is 37.7 Å². The molecular weight excluding hydrogens is 408 g/mol. The molecule has 2 bridgehead atoms. The van der Waals surface area contributed by atoms with Gasteiger partial charge >= 0.3 is 0 Å². The first-order valence-electron chi connectivity index (χ1n) is 9.77. The smallest absolute Gasteiger partial charge is 0.255 e. The van der Waals surface area contributed by atoms with Gasteiger partial charge in [0, 0.05) is 19.6 Å². The maximum absolute atomic E-state index is 13.3. The molecule has 5 rings (SSSR count). The molecule has 0 unspecified atom stereocenters. The number of hydrogen-bond acceptors (Lipinski definition) is 7. The number of carbonyl (C=O) groups excluding carboxylic acids is 1. The molecule has 1 amide bonds. The Bertz CT molecular complexity index is 1060. The van der Waals surface area contributed by atoms with Gasteiger partial charge in [-0.05, 0) is 30.2 Å². The van der Waals surface area contributed by atoms with Gasteiger partial charge in [0.1, 0.15) is 16.6 Å². The predicted molar refractivity (Wildman–Crippen MR) is 106 cm³/mol. The number of fused-ring (bicyclic) bond motifs is 1. The molecule has 0 saturated carbocycles. The zero-order valence-electron chi connectivity index (χ0n) is 16.5. The molecule has 1 aromatic heterocycles. The van der Waals surface area contributed by atoms with Crippen LogP contribution < -0.4 is 4.74 Å². The van der Waals surface area contributed by atoms with E-state index in [0.29, 0.717) is 18.5 Å². The summed E-state index contributed by atoms with van der Waals surface area (Å²) in [5.41, 5.74) is 0.416. The number of sulfonamides is 1. The fraction of sp³-hybridized carbons (Fsp3) is 0.450. The van der Waals surface area contributed by atoms with E-state index in [-0.39, 0.29) is 31.6 Å². The van der Waals surface area contributed by atoms with Gasteiger partial charge in [0.15, 0.2) is 0 Å². The van der Waals surface area contributed by atoms with Crippen LogP contribution in [0.3, 0.4) is 0 Å². The van der Waals surface area contributed by atoms with Crippen LogP contribution in [-0.2, 0) is 21.3 Å². The van der Waals surface area contributed by atoms with E-state index in [0.717, 1.165) is 11.3 Å². The van der Waals surface area contributed by atoms with Crippen molar-refractivity contribution in [2.75, 3.05) is 26.7 Å². The molecular formula is C20H22N4O5S. The van der Waals surface area contributed by atoms with Crippen molar-refractivity contribution in [1.82, 2.24) is 19.4 Å². The largest absolute Gasteiger partial charge is 0.497 e. The molecule has 3 atom stereocenters. The lowest BCUT2D eigenvalue weighted by molar-refractivity contribution is -0.0980. The average Bonchev–Trinajstić information content (AvgIpc) is 3.13. The summed E-state index contributed by atoms with van der Waals surface area (Å²) >= 11 is 0. The van der Waals surface area contributed by atoms with Gasteiger partial charge in [-0.2, -0.15) is 14.5 Å². The van der Waals surface area contributed by atoms with Gasteiger partial charge in [0.25, 0.3) is 5.91 Å². The second kappa shape index (κ2) is 7.00. The van der Waals surface area contributed by atoms with Crippen LogP contribution in [-0.4, -0.2) is 77.4 Å². The van der Waals surface area contributed by atoms with Gasteiger partial charge < -0.3 is 14.4 Å². The molecule has 0 N–H and O–H groups in total. The van der Waals surface area contributed by atoms with Gasteiger partial charge in [-0.1, -0.05) is 12.1 Å². The highest BCUT2D eigenvalue weighted by molar-refractivity contribution is 7.90. The third kappa shape index (κ3) is 3.06. The van der Waals surface area contributed by atoms with Crippen LogP contribution in [0.2, 0.25) is 0 Å². The normalized spacial score (nSPS) is 29.6. The summed E-state index contributed by atoms with van der Waals surface area (Å²) in [6.45, 7) is 1.13. The van der Waals surface area contributed by atoms with E-state index in [2.05, 4.69) is 10.2 Å². The number of benzene rings is 1. The van der Waals surface area contributed by atoms with E-state index in [1.807, 2.05) is 24.3 Å². The van der Waals surface area contributed by atoms with E-state index in [1.54, 1.807) is 18.1 Å². The minimum atomic E-state index is -3.54. The maximum Gasteiger partial charge on any atom is 0.255 e. The fourth-order valence-electron chi connectivity index (χ4n) is 4.78. The van der Waals surface area contributed by atoms with Crippen molar-refractivity contribution in [2.24, 2.45) is 0 Å². The number of methoxy groups -OCH3 is 1. The predicted octanol–water partition coefficient (Wildman–Crippen LogP) is 0.683. The molecule has 30 heavy (non-hydrogen) atoms. The third-order valence-corrected chi connectivity index (χ3v) is 8.47. The van der Waals surface area contributed by atoms with Crippen molar-refractivity contribution >= 4 is 15.9 Å². The SMILES string of the molecule is COc1ccc(CN2C[C@@]34CN(C(=O)c5ccnnc5)C[C@@H](C[C@@H]3S2(=O)=O)O4)cc1. The number of amides is 1. The molecule has 0 radical (unpaired) electrons. The van der Waals surface area contributed by atoms with E-state index < -0.39 is 20.9 Å². The Morgan fingerprint density at radius 2 is 2.03 bits per heavy atom. The van der Waals surface area contributed by atoms with E-state index in [4.69, 9.17) is 9.47 Å². The average molecular weight is 430 g/mol. The number of likely N-dealkylation sites (tertiary alicyclic amines) is 1. The van der Waals surface area contributed by atoms with Crippen LogP contribution >= 0.6 is 0 Å². The van der Waals surface area contributed by atoms with Crippen LogP contribution in [0, 0.1) is 0 Å². The Morgan fingerprint density at radius 1 is 1.23 bits per heavy atom. The van der Waals surface area contributed by atoms with Crippen LogP contribution in [0.5, 0.6) is 5.75 Å². The summed E-state index contributed by atoms with van der Waals surface area (Å²) in [5, 5.41) is 6.84. The lowest BCUT2D eigenvalue weighted by Gasteiger charge is -2.39. The minimum Gasteiger partial charge on any atom is -0.497 e. The number of rotatable bonds is 4. The first-order valence-corrected chi connectivity index (χ1v) is 11.3. The highest BCUT2D eigenvalue weighted by atomic mass is 32.2. The van der Waals surface area contributed by atoms with E-state index >= 15 is 0 Å². The summed E-state index contributed by atoms with van der Waals surface area (Å²) < 4.78 is 39.4. The summed E-state index contributed by atoms with van der Waals surface area (Å²) in [5.74, 6) is 0.543. The van der Waals surface area contributed by atoms with Gasteiger partial charge in [0.2, 0.25) is 10.0 Å². The zero-order valence-corrected chi connectivity index (χ0v) is 17.3. The van der Waals surface area contributed by atoms with Crippen LogP contribution in [0.1, 0.15) is 22.3 Å². The fourth-order valence-corrected chi connectivity index (χ4v) is 7.07. The van der Waals surface area contributed by atoms with Crippen molar-refractivity contribution in [2.45, 2.75) is 29.9 Å². The Balaban J connectivity index is 1.39. The number of hydrogen-bond donors (Lipinski definition) is 0. The third-order valence-electron chi connectivity index (χ3n) is 6.15. The second-order valence-corrected chi connectivity index (χ2v) is 10.1. The molecule has 3 aliphatic rings. The first-order chi connectivity index (χ1) is 14.4. The van der Waals surface area contributed by atoms with Crippen molar-refractivity contribution in [1.29, 1.82) is 0 Å². The summed E-state index contributed by atoms with van der Waals surface area (Å²) in [6.07, 6.45) is 3.02. The van der Waals surface area contributed by atoms with Crippen LogP contribution in [0.15, 0.2) is 42.7 Å². The van der Waals surface area contributed by atoms with Gasteiger partial charge in [-0.15, -0.1) is 0 Å². The Morgan fingerprint density at radius 3 is 2.73 bits per heavy atom. The summed E-state index contributed by atoms with van der Waals surface area (Å²) in [6, 6.07) is 8.96. The van der Waals surface area contributed by atoms with Gasteiger partial charge in [-0.25, -0.2) is 8.42 Å². The number of aromatic nitrogens is 2. The first kappa shape index (κ1) is 19.4. The minimum absolute atomic E-state index is 0.177. The lowest BCUT2D eigenvalue weighted by Crippen LogP contribution is -2.56. The van der Waals surface area contributed by atoms with E-state index in [1.165, 1.54) is 16.7 Å². The van der Waals surface area contributed by atoms with E-state index in [9.17, 15) is 13.2 Å². The van der Waals surface area contributed by atoms with Gasteiger partial charge in [-0.3, -0.25) is 4.79 Å². The number of morpholine rings is 1. The molecule has 10 heteroatoms. The number of carbonyl (C=O) groups is 1. The summed E-state index contributed by atoms with van der Waals surface area (Å²) in [7, 11) is -1.95. The molecule has 2 aromatic rings. The molecule has 1 aromatic carbocycles. The Hall–Kier alpha value is -2.56. The van der Waals surface area contributed by atoms with Crippen molar-refractivity contribution in [3.8, 4) is 5.75 Å². The number of nitrogens with zero attached hydrogens (tertiary/aromatic N) is 4. The molecule has 3 saturated heterocycles. The maximum atomic E-state index is 13.3.